The monoisotopic (exact) mass is 544 g/mol. The Bertz CT molecular complexity index is 1750. The Labute approximate surface area is 227 Å². The molecule has 10 nitrogen and oxygen atoms in total. The number of aliphatic hydroxyl groups excluding tert-OH is 3. The van der Waals surface area contributed by atoms with Crippen LogP contribution >= 0.6 is 0 Å². The molecule has 204 valence electrons. The van der Waals surface area contributed by atoms with Crippen molar-refractivity contribution in [1.82, 2.24) is 0 Å². The number of phenols is 2. The minimum absolute atomic E-state index is 0.0122. The number of rotatable bonds is 1. The van der Waals surface area contributed by atoms with Crippen molar-refractivity contribution in [2.24, 2.45) is 0 Å². The first kappa shape index (κ1) is 25.4. The molecular formula is C30H24O10. The van der Waals surface area contributed by atoms with E-state index < -0.39 is 57.7 Å². The van der Waals surface area contributed by atoms with Crippen LogP contribution in [0.3, 0.4) is 0 Å². The third kappa shape index (κ3) is 2.99. The van der Waals surface area contributed by atoms with E-state index in [1.54, 1.807) is 6.92 Å². The molecule has 0 saturated carbocycles. The summed E-state index contributed by atoms with van der Waals surface area (Å²) in [7, 11) is 0. The summed E-state index contributed by atoms with van der Waals surface area (Å²) < 4.78 is 11.8. The number of benzene rings is 2. The van der Waals surface area contributed by atoms with Gasteiger partial charge in [0.25, 0.3) is 0 Å². The van der Waals surface area contributed by atoms with Crippen LogP contribution in [0.2, 0.25) is 0 Å². The van der Waals surface area contributed by atoms with E-state index in [0.717, 1.165) is 6.08 Å². The molecule has 2 heterocycles. The lowest BCUT2D eigenvalue weighted by Crippen LogP contribution is -2.53. The van der Waals surface area contributed by atoms with Crippen LogP contribution in [0.4, 0.5) is 0 Å². The van der Waals surface area contributed by atoms with Gasteiger partial charge in [-0.05, 0) is 69.7 Å². The summed E-state index contributed by atoms with van der Waals surface area (Å²) in [5.74, 6) is -4.19. The molecule has 6 rings (SSSR count). The van der Waals surface area contributed by atoms with Gasteiger partial charge >= 0.3 is 0 Å². The number of carbonyl (C=O) groups excluding carboxylic acids is 3. The van der Waals surface area contributed by atoms with E-state index in [1.165, 1.54) is 51.1 Å². The molecule has 0 fully saturated rings. The minimum Gasteiger partial charge on any atom is -0.506 e. The lowest BCUT2D eigenvalue weighted by Gasteiger charge is -2.42. The second kappa shape index (κ2) is 7.86. The normalized spacial score (nSPS) is 27.1. The fourth-order valence-corrected chi connectivity index (χ4v) is 6.04. The van der Waals surface area contributed by atoms with E-state index in [2.05, 4.69) is 0 Å². The van der Waals surface area contributed by atoms with E-state index in [-0.39, 0.29) is 50.5 Å². The van der Waals surface area contributed by atoms with E-state index in [0.29, 0.717) is 5.57 Å². The molecule has 2 aliphatic carbocycles. The maximum absolute atomic E-state index is 12.9. The molecule has 2 aromatic carbocycles. The quantitative estimate of drug-likeness (QED) is 0.357. The number of hydrogen-bond donors (Lipinski definition) is 5. The first-order valence-electron chi connectivity index (χ1n) is 12.4. The van der Waals surface area contributed by atoms with Crippen LogP contribution in [0.25, 0.3) is 22.6 Å². The van der Waals surface area contributed by atoms with Crippen molar-refractivity contribution in [3.05, 3.63) is 69.8 Å². The summed E-state index contributed by atoms with van der Waals surface area (Å²) in [5, 5.41) is 55.6. The summed E-state index contributed by atoms with van der Waals surface area (Å²) in [6.45, 7) is 5.85. The molecule has 2 aromatic rings. The summed E-state index contributed by atoms with van der Waals surface area (Å²) in [6.07, 6.45) is 1.03. The zero-order chi connectivity index (χ0) is 29.0. The van der Waals surface area contributed by atoms with Crippen molar-refractivity contribution in [2.45, 2.75) is 45.0 Å². The lowest BCUT2D eigenvalue weighted by molar-refractivity contribution is -0.130. The number of hydrogen-bond acceptors (Lipinski definition) is 10. The summed E-state index contributed by atoms with van der Waals surface area (Å²) >= 11 is 0. The highest BCUT2D eigenvalue weighted by atomic mass is 16.5. The van der Waals surface area contributed by atoms with Crippen LogP contribution in [0.15, 0.2) is 58.7 Å². The fourth-order valence-electron chi connectivity index (χ4n) is 6.04. The van der Waals surface area contributed by atoms with E-state index in [4.69, 9.17) is 9.47 Å². The van der Waals surface area contributed by atoms with E-state index in [1.807, 2.05) is 0 Å². The van der Waals surface area contributed by atoms with Gasteiger partial charge in [0.1, 0.15) is 51.7 Å². The highest BCUT2D eigenvalue weighted by Crippen LogP contribution is 2.54. The van der Waals surface area contributed by atoms with Crippen LogP contribution in [-0.4, -0.2) is 60.2 Å². The second-order valence-electron chi connectivity index (χ2n) is 10.6. The Kier molecular flexibility index (Phi) is 5.00. The number of fused-ring (bicyclic) bond motifs is 4. The predicted octanol–water partition coefficient (Wildman–Crippen LogP) is 3.59. The van der Waals surface area contributed by atoms with Gasteiger partial charge in [-0.1, -0.05) is 0 Å². The van der Waals surface area contributed by atoms with Gasteiger partial charge < -0.3 is 35.0 Å². The van der Waals surface area contributed by atoms with Gasteiger partial charge in [-0.15, -0.1) is 0 Å². The van der Waals surface area contributed by atoms with Crippen molar-refractivity contribution < 1.29 is 49.4 Å². The van der Waals surface area contributed by atoms with Gasteiger partial charge in [0.2, 0.25) is 11.4 Å². The molecule has 4 aliphatic rings. The molecule has 40 heavy (non-hydrogen) atoms. The number of Topliss-reactive ketones (excluding diaryl/α,β-unsaturated/α-hetero) is 1. The molecular weight excluding hydrogens is 520 g/mol. The van der Waals surface area contributed by atoms with Gasteiger partial charge in [-0.2, -0.15) is 0 Å². The maximum atomic E-state index is 12.9. The number of carbonyl (C=O) groups is 3. The van der Waals surface area contributed by atoms with Crippen molar-refractivity contribution >= 4 is 28.9 Å². The highest BCUT2D eigenvalue weighted by molar-refractivity contribution is 6.25. The van der Waals surface area contributed by atoms with Crippen LogP contribution in [0.1, 0.15) is 38.8 Å². The third-order valence-electron chi connectivity index (χ3n) is 8.07. The topological polar surface area (TPSA) is 171 Å². The minimum atomic E-state index is -1.79. The molecule has 0 amide bonds. The average molecular weight is 545 g/mol. The van der Waals surface area contributed by atoms with Gasteiger partial charge in [-0.25, -0.2) is 0 Å². The standard InChI is InChI=1S/C30H24O10/c1-11-9-15(31)21-25(35)19-17(39-29(21,3)27(11)37)7-5-13(23(19)33)14-6-8-18-20(24(14)34)26(36)22-16(32)10-12(2)28(38)30(22,4)40-18/h5-10,27,33-37H,1-4H3/t27-,29+,30+/m0/s1. The van der Waals surface area contributed by atoms with Crippen LogP contribution in [0.5, 0.6) is 23.0 Å². The van der Waals surface area contributed by atoms with Gasteiger partial charge in [0.05, 0.1) is 11.1 Å². The number of aliphatic hydroxyl groups is 3. The summed E-state index contributed by atoms with van der Waals surface area (Å²) in [5.41, 5.74) is -3.96. The predicted molar refractivity (Wildman–Crippen MR) is 141 cm³/mol. The van der Waals surface area contributed by atoms with Gasteiger partial charge in [-0.3, -0.25) is 14.4 Å². The van der Waals surface area contributed by atoms with Crippen molar-refractivity contribution in [1.29, 1.82) is 0 Å². The second-order valence-corrected chi connectivity index (χ2v) is 10.6. The molecule has 5 N–H and O–H groups in total. The fraction of sp³-hybridized carbons (Fsp3) is 0.233. The Morgan fingerprint density at radius 3 is 1.80 bits per heavy atom. The zero-order valence-electron chi connectivity index (χ0n) is 21.8. The zero-order valence-corrected chi connectivity index (χ0v) is 21.8. The Morgan fingerprint density at radius 1 is 0.725 bits per heavy atom. The van der Waals surface area contributed by atoms with E-state index in [9.17, 15) is 39.9 Å². The molecule has 0 unspecified atom stereocenters. The molecule has 0 radical (unpaired) electrons. The third-order valence-corrected chi connectivity index (χ3v) is 8.07. The largest absolute Gasteiger partial charge is 0.506 e. The molecule has 0 bridgehead atoms. The summed E-state index contributed by atoms with van der Waals surface area (Å²) in [4.78, 5) is 38.5. The van der Waals surface area contributed by atoms with Crippen LogP contribution < -0.4 is 9.47 Å². The number of ketones is 3. The number of ether oxygens (including phenoxy) is 2. The van der Waals surface area contributed by atoms with Gasteiger partial charge in [0.15, 0.2) is 17.2 Å². The van der Waals surface area contributed by atoms with Crippen LogP contribution in [0, 0.1) is 0 Å². The highest BCUT2D eigenvalue weighted by Gasteiger charge is 2.53. The number of phenolic OH excluding ortho intramolecular Hbond substituents is 2. The Morgan fingerprint density at radius 2 is 1.23 bits per heavy atom. The maximum Gasteiger partial charge on any atom is 0.206 e. The Hall–Kier alpha value is -4.83. The average Bonchev–Trinajstić information content (AvgIpc) is 2.86. The smallest absolute Gasteiger partial charge is 0.206 e. The molecule has 10 heteroatoms. The molecule has 2 aliphatic heterocycles. The van der Waals surface area contributed by atoms with Crippen LogP contribution in [-0.2, 0) is 14.4 Å². The molecule has 0 saturated heterocycles. The molecule has 0 spiro atoms. The number of allylic oxidation sites excluding steroid dienone is 2. The first-order valence-corrected chi connectivity index (χ1v) is 12.4. The number of aromatic hydroxyl groups is 2. The van der Waals surface area contributed by atoms with Crippen molar-refractivity contribution in [2.75, 3.05) is 0 Å². The first-order chi connectivity index (χ1) is 18.7. The van der Waals surface area contributed by atoms with Crippen molar-refractivity contribution in [3.8, 4) is 34.1 Å². The SMILES string of the molecule is CC1=CC(=O)C2=C(O)c3c(ccc(-c4ccc5c(c4O)C(O)=C4C(=O)C=C(C)[C@H](O)[C@]4(C)O5)c3O)O[C@@]2(C)C1=O. The lowest BCUT2D eigenvalue weighted by atomic mass is 9.75. The molecule has 3 atom stereocenters. The van der Waals surface area contributed by atoms with Crippen molar-refractivity contribution in [3.63, 3.8) is 0 Å². The Balaban J connectivity index is 1.54. The molecule has 0 aromatic heterocycles. The summed E-state index contributed by atoms with van der Waals surface area (Å²) in [6, 6.07) is 5.52. The van der Waals surface area contributed by atoms with Gasteiger partial charge in [0, 0.05) is 16.7 Å². The van der Waals surface area contributed by atoms with E-state index >= 15 is 0 Å².